The first-order valence-electron chi connectivity index (χ1n) is 7.91. The van der Waals surface area contributed by atoms with E-state index in [9.17, 15) is 24.5 Å². The van der Waals surface area contributed by atoms with Crippen LogP contribution in [-0.2, 0) is 33.3 Å². The van der Waals surface area contributed by atoms with E-state index in [1.165, 1.54) is 0 Å². The lowest BCUT2D eigenvalue weighted by molar-refractivity contribution is -0.385. The molecule has 1 fully saturated rings. The zero-order chi connectivity index (χ0) is 21.0. The van der Waals surface area contributed by atoms with E-state index >= 15 is 0 Å². The molecule has 0 spiro atoms. The third-order valence-electron chi connectivity index (χ3n) is 3.62. The van der Waals surface area contributed by atoms with Crippen LogP contribution in [0.1, 0.15) is 32.7 Å². The number of nitrogens with zero attached hydrogens (tertiary/aromatic N) is 4. The third-order valence-corrected chi connectivity index (χ3v) is 3.62. The summed E-state index contributed by atoms with van der Waals surface area (Å²) in [7, 11) is 0. The van der Waals surface area contributed by atoms with Crippen molar-refractivity contribution >= 4 is 23.6 Å². The maximum Gasteiger partial charge on any atom is 0.325 e. The molecule has 1 aromatic heterocycles. The molecule has 150 valence electrons. The topological polar surface area (TPSA) is 173 Å². The largest absolute Gasteiger partial charge is 0.463 e. The van der Waals surface area contributed by atoms with Crippen molar-refractivity contribution in [3.8, 4) is 6.07 Å². The van der Waals surface area contributed by atoms with Crippen molar-refractivity contribution < 1.29 is 38.3 Å². The molecule has 0 N–H and O–H groups in total. The molecular formula is C15H16N4O9. The fourth-order valence-corrected chi connectivity index (χ4v) is 2.63. The van der Waals surface area contributed by atoms with Crippen LogP contribution in [0.5, 0.6) is 0 Å². The van der Waals surface area contributed by atoms with Crippen LogP contribution in [0.15, 0.2) is 6.20 Å². The molecule has 0 amide bonds. The Bertz CT molecular complexity index is 843. The van der Waals surface area contributed by atoms with Gasteiger partial charge in [0.2, 0.25) is 5.69 Å². The maximum atomic E-state index is 11.5. The summed E-state index contributed by atoms with van der Waals surface area (Å²) in [6.45, 7) is 3.05. The first-order valence-corrected chi connectivity index (χ1v) is 7.91. The zero-order valence-electron chi connectivity index (χ0n) is 15.1. The van der Waals surface area contributed by atoms with Gasteiger partial charge in [0.1, 0.15) is 25.0 Å². The van der Waals surface area contributed by atoms with E-state index in [4.69, 9.17) is 24.2 Å². The number of nitro groups is 1. The van der Waals surface area contributed by atoms with E-state index in [-0.39, 0.29) is 6.61 Å². The van der Waals surface area contributed by atoms with E-state index in [1.807, 2.05) is 0 Å². The van der Waals surface area contributed by atoms with Gasteiger partial charge in [-0.2, -0.15) is 10.4 Å². The molecule has 4 atom stereocenters. The van der Waals surface area contributed by atoms with Crippen LogP contribution in [0.25, 0.3) is 0 Å². The molecule has 1 saturated heterocycles. The number of esters is 3. The predicted octanol–water partition coefficient (Wildman–Crippen LogP) is -0.0131. The fourth-order valence-electron chi connectivity index (χ4n) is 2.63. The van der Waals surface area contributed by atoms with Crippen molar-refractivity contribution in [2.45, 2.75) is 45.3 Å². The predicted molar refractivity (Wildman–Crippen MR) is 85.2 cm³/mol. The highest BCUT2D eigenvalue weighted by Gasteiger charge is 2.51. The van der Waals surface area contributed by atoms with Crippen LogP contribution in [0.2, 0.25) is 0 Å². The molecule has 28 heavy (non-hydrogen) atoms. The first-order chi connectivity index (χ1) is 13.1. The number of hydrogen-bond acceptors (Lipinski definition) is 11. The monoisotopic (exact) mass is 396 g/mol. The minimum atomic E-state index is -1.27. The highest BCUT2D eigenvalue weighted by atomic mass is 16.7. The van der Waals surface area contributed by atoms with Crippen molar-refractivity contribution in [2.24, 2.45) is 0 Å². The Hall–Kier alpha value is -3.53. The second kappa shape index (κ2) is 8.44. The molecule has 0 radical (unpaired) electrons. The number of hydrogen-bond donors (Lipinski definition) is 0. The molecule has 1 aromatic rings. The fraction of sp³-hybridized carbons (Fsp3) is 0.533. The standard InChI is InChI=1S/C15H16N4O9/c1-7(20)25-6-12-13(26-8(2)21)14(27-9(3)22)15(28-12)18-5-11(19(23)24)10(4-16)17-18/h5,12-15H,6H2,1-3H3. The van der Waals surface area contributed by atoms with Gasteiger partial charge in [0.15, 0.2) is 18.4 Å². The smallest absolute Gasteiger partial charge is 0.325 e. The van der Waals surface area contributed by atoms with Crippen LogP contribution in [-0.4, -0.2) is 57.5 Å². The van der Waals surface area contributed by atoms with Gasteiger partial charge in [-0.1, -0.05) is 0 Å². The molecule has 13 heteroatoms. The van der Waals surface area contributed by atoms with Gasteiger partial charge in [0, 0.05) is 20.8 Å². The molecule has 0 aromatic carbocycles. The second-order valence-corrected chi connectivity index (χ2v) is 5.73. The molecule has 4 unspecified atom stereocenters. The minimum absolute atomic E-state index is 0.337. The lowest BCUT2D eigenvalue weighted by Crippen LogP contribution is -2.40. The Morgan fingerprint density at radius 2 is 1.86 bits per heavy atom. The number of ether oxygens (including phenoxy) is 4. The van der Waals surface area contributed by atoms with Crippen molar-refractivity contribution in [1.82, 2.24) is 9.78 Å². The van der Waals surface area contributed by atoms with E-state index < -0.39 is 58.8 Å². The van der Waals surface area contributed by atoms with Gasteiger partial charge in [-0.05, 0) is 0 Å². The average molecular weight is 396 g/mol. The Labute approximate surface area is 157 Å². The van der Waals surface area contributed by atoms with Gasteiger partial charge in [0.05, 0.1) is 4.92 Å². The molecule has 1 aliphatic heterocycles. The number of aromatic nitrogens is 2. The van der Waals surface area contributed by atoms with Crippen molar-refractivity contribution in [1.29, 1.82) is 5.26 Å². The van der Waals surface area contributed by atoms with Crippen LogP contribution in [0.3, 0.4) is 0 Å². The van der Waals surface area contributed by atoms with Crippen LogP contribution >= 0.6 is 0 Å². The summed E-state index contributed by atoms with van der Waals surface area (Å²) in [6, 6.07) is 1.58. The molecular weight excluding hydrogens is 380 g/mol. The molecule has 13 nitrogen and oxygen atoms in total. The summed E-state index contributed by atoms with van der Waals surface area (Å²) < 4.78 is 21.8. The van der Waals surface area contributed by atoms with Gasteiger partial charge in [-0.15, -0.1) is 0 Å². The Morgan fingerprint density at radius 1 is 1.25 bits per heavy atom. The van der Waals surface area contributed by atoms with Crippen molar-refractivity contribution in [3.05, 3.63) is 22.0 Å². The van der Waals surface area contributed by atoms with E-state index in [2.05, 4.69) is 5.10 Å². The maximum absolute atomic E-state index is 11.5. The van der Waals surface area contributed by atoms with Gasteiger partial charge >= 0.3 is 23.6 Å². The third kappa shape index (κ3) is 4.60. The Kier molecular flexibility index (Phi) is 6.26. The lowest BCUT2D eigenvalue weighted by Gasteiger charge is -2.23. The van der Waals surface area contributed by atoms with E-state index in [0.29, 0.717) is 0 Å². The molecule has 0 aliphatic carbocycles. The zero-order valence-corrected chi connectivity index (χ0v) is 15.1. The van der Waals surface area contributed by atoms with Gasteiger partial charge < -0.3 is 18.9 Å². The summed E-state index contributed by atoms with van der Waals surface area (Å²) in [6.07, 6.45) is -3.82. The van der Waals surface area contributed by atoms with Gasteiger partial charge in [-0.25, -0.2) is 4.68 Å². The summed E-state index contributed by atoms with van der Waals surface area (Å²) in [5.41, 5.74) is -1.07. The van der Waals surface area contributed by atoms with Crippen LogP contribution in [0.4, 0.5) is 5.69 Å². The highest BCUT2D eigenvalue weighted by molar-refractivity contribution is 5.68. The van der Waals surface area contributed by atoms with Crippen LogP contribution in [0, 0.1) is 21.4 Å². The lowest BCUT2D eigenvalue weighted by atomic mass is 10.1. The molecule has 0 saturated carbocycles. The summed E-state index contributed by atoms with van der Waals surface area (Å²) in [4.78, 5) is 44.4. The van der Waals surface area contributed by atoms with E-state index in [0.717, 1.165) is 31.6 Å². The van der Waals surface area contributed by atoms with Crippen molar-refractivity contribution in [3.63, 3.8) is 0 Å². The van der Waals surface area contributed by atoms with E-state index in [1.54, 1.807) is 6.07 Å². The van der Waals surface area contributed by atoms with Gasteiger partial charge in [-0.3, -0.25) is 24.5 Å². The number of rotatable bonds is 6. The molecule has 2 rings (SSSR count). The summed E-state index contributed by atoms with van der Waals surface area (Å²) >= 11 is 0. The highest BCUT2D eigenvalue weighted by Crippen LogP contribution is 2.35. The number of nitriles is 1. The number of carbonyl (C=O) groups excluding carboxylic acids is 3. The normalized spacial score (nSPS) is 23.5. The van der Waals surface area contributed by atoms with Crippen molar-refractivity contribution in [2.75, 3.05) is 6.61 Å². The van der Waals surface area contributed by atoms with Gasteiger partial charge in [0.25, 0.3) is 0 Å². The number of carbonyl (C=O) groups is 3. The Morgan fingerprint density at radius 3 is 2.32 bits per heavy atom. The summed E-state index contributed by atoms with van der Waals surface area (Å²) in [5, 5.41) is 23.9. The Balaban J connectivity index is 2.43. The minimum Gasteiger partial charge on any atom is -0.463 e. The SMILES string of the molecule is CC(=O)OCC1OC(n2cc([N+](=O)[O-])c(C#N)n2)C(OC(C)=O)C1OC(C)=O. The quantitative estimate of drug-likeness (QED) is 0.274. The molecule has 1 aliphatic rings. The summed E-state index contributed by atoms with van der Waals surface area (Å²) in [5.74, 6) is -2.09. The molecule has 0 bridgehead atoms. The molecule has 2 heterocycles. The first kappa shape index (κ1) is 20.8. The average Bonchev–Trinajstić information content (AvgIpc) is 3.15. The van der Waals surface area contributed by atoms with Crippen LogP contribution < -0.4 is 0 Å². The second-order valence-electron chi connectivity index (χ2n) is 5.73.